The molecule has 30 heavy (non-hydrogen) atoms. The predicted molar refractivity (Wildman–Crippen MR) is 124 cm³/mol. The van der Waals surface area contributed by atoms with Gasteiger partial charge in [-0.1, -0.05) is 45.2 Å². The highest BCUT2D eigenvalue weighted by Gasteiger charge is 2.19. The van der Waals surface area contributed by atoms with E-state index in [9.17, 15) is 4.79 Å². The minimum atomic E-state index is 0.115. The van der Waals surface area contributed by atoms with E-state index in [2.05, 4.69) is 31.3 Å². The Balaban J connectivity index is 1.47. The van der Waals surface area contributed by atoms with E-state index < -0.39 is 0 Å². The lowest BCUT2D eigenvalue weighted by Crippen LogP contribution is -2.32. The summed E-state index contributed by atoms with van der Waals surface area (Å²) in [6.45, 7) is 6.63. The van der Waals surface area contributed by atoms with Crippen LogP contribution in [0.2, 0.25) is 0 Å². The van der Waals surface area contributed by atoms with Gasteiger partial charge in [0.2, 0.25) is 0 Å². The first-order chi connectivity index (χ1) is 14.5. The Labute approximate surface area is 181 Å². The lowest BCUT2D eigenvalue weighted by Gasteiger charge is -2.27. The first-order valence-electron chi connectivity index (χ1n) is 11.3. The Hall–Kier alpha value is -2.49. The van der Waals surface area contributed by atoms with Crippen molar-refractivity contribution < 1.29 is 9.53 Å². The zero-order valence-electron chi connectivity index (χ0n) is 18.7. The molecule has 0 spiro atoms. The highest BCUT2D eigenvalue weighted by atomic mass is 16.5. The largest absolute Gasteiger partial charge is 0.493 e. The van der Waals surface area contributed by atoms with Crippen LogP contribution < -0.4 is 10.1 Å². The summed E-state index contributed by atoms with van der Waals surface area (Å²) < 4.78 is 5.73. The summed E-state index contributed by atoms with van der Waals surface area (Å²) in [5.74, 6) is 2.21. The Morgan fingerprint density at radius 2 is 1.70 bits per heavy atom. The van der Waals surface area contributed by atoms with Gasteiger partial charge < -0.3 is 15.0 Å². The van der Waals surface area contributed by atoms with Crippen LogP contribution in [0.3, 0.4) is 0 Å². The molecule has 1 aliphatic carbocycles. The SMILES string of the molecule is CC(C)COc1ccc(CNc2ccc(C(=O)N(C)CC3CCCCC3)cc2)cc1. The van der Waals surface area contributed by atoms with Gasteiger partial charge in [0.1, 0.15) is 5.75 Å². The molecule has 0 aromatic heterocycles. The van der Waals surface area contributed by atoms with Crippen molar-refractivity contribution in [2.45, 2.75) is 52.5 Å². The van der Waals surface area contributed by atoms with Gasteiger partial charge in [-0.2, -0.15) is 0 Å². The maximum atomic E-state index is 12.7. The quantitative estimate of drug-likeness (QED) is 0.554. The molecule has 1 aliphatic rings. The van der Waals surface area contributed by atoms with Gasteiger partial charge in [-0.25, -0.2) is 0 Å². The van der Waals surface area contributed by atoms with Crippen LogP contribution in [0.4, 0.5) is 5.69 Å². The van der Waals surface area contributed by atoms with E-state index >= 15 is 0 Å². The molecule has 4 heteroatoms. The Morgan fingerprint density at radius 3 is 2.33 bits per heavy atom. The van der Waals surface area contributed by atoms with Crippen LogP contribution in [0.1, 0.15) is 61.9 Å². The number of hydrogen-bond acceptors (Lipinski definition) is 3. The molecule has 0 aliphatic heterocycles. The lowest BCUT2D eigenvalue weighted by atomic mass is 9.89. The Kier molecular flexibility index (Phi) is 8.18. The third kappa shape index (κ3) is 6.79. The molecule has 1 N–H and O–H groups in total. The molecule has 0 unspecified atom stereocenters. The van der Waals surface area contributed by atoms with Crippen molar-refractivity contribution in [3.05, 3.63) is 59.7 Å². The minimum absolute atomic E-state index is 0.115. The second kappa shape index (κ2) is 11.1. The first kappa shape index (κ1) is 22.2. The van der Waals surface area contributed by atoms with Crippen molar-refractivity contribution in [2.75, 3.05) is 25.5 Å². The molecular formula is C26H36N2O2. The van der Waals surface area contributed by atoms with E-state index in [1.807, 2.05) is 48.3 Å². The first-order valence-corrected chi connectivity index (χ1v) is 11.3. The van der Waals surface area contributed by atoms with Crippen LogP contribution in [-0.2, 0) is 6.54 Å². The molecule has 1 saturated carbocycles. The van der Waals surface area contributed by atoms with Crippen molar-refractivity contribution in [1.82, 2.24) is 4.90 Å². The molecule has 2 aromatic carbocycles. The molecule has 0 radical (unpaired) electrons. The number of nitrogens with one attached hydrogen (secondary N) is 1. The third-order valence-electron chi connectivity index (χ3n) is 5.74. The van der Waals surface area contributed by atoms with E-state index in [4.69, 9.17) is 4.74 Å². The van der Waals surface area contributed by atoms with Crippen LogP contribution in [-0.4, -0.2) is 31.0 Å². The minimum Gasteiger partial charge on any atom is -0.493 e. The summed E-state index contributed by atoms with van der Waals surface area (Å²) in [6.07, 6.45) is 6.47. The van der Waals surface area contributed by atoms with Crippen LogP contribution in [0.25, 0.3) is 0 Å². The Morgan fingerprint density at radius 1 is 1.03 bits per heavy atom. The Bertz CT molecular complexity index is 778. The predicted octanol–water partition coefficient (Wildman–Crippen LogP) is 5.99. The van der Waals surface area contributed by atoms with Crippen molar-refractivity contribution in [3.8, 4) is 5.75 Å². The van der Waals surface area contributed by atoms with Crippen LogP contribution >= 0.6 is 0 Å². The number of anilines is 1. The second-order valence-corrected chi connectivity index (χ2v) is 8.97. The van der Waals surface area contributed by atoms with Gasteiger partial charge >= 0.3 is 0 Å². The summed E-state index contributed by atoms with van der Waals surface area (Å²) in [7, 11) is 1.93. The molecule has 0 heterocycles. The van der Waals surface area contributed by atoms with Crippen LogP contribution in [0.15, 0.2) is 48.5 Å². The highest BCUT2D eigenvalue weighted by molar-refractivity contribution is 5.94. The average molecular weight is 409 g/mol. The van der Waals surface area contributed by atoms with Gasteiger partial charge in [-0.3, -0.25) is 4.79 Å². The van der Waals surface area contributed by atoms with E-state index in [1.54, 1.807) is 0 Å². The number of carbonyl (C=O) groups excluding carboxylic acids is 1. The molecular weight excluding hydrogens is 372 g/mol. The topological polar surface area (TPSA) is 41.6 Å². The van der Waals surface area contributed by atoms with Gasteiger partial charge in [0.05, 0.1) is 6.61 Å². The maximum absolute atomic E-state index is 12.7. The van der Waals surface area contributed by atoms with E-state index in [0.29, 0.717) is 11.8 Å². The average Bonchev–Trinajstić information content (AvgIpc) is 2.77. The normalized spacial score (nSPS) is 14.5. The number of benzene rings is 2. The number of ether oxygens (including phenoxy) is 1. The smallest absolute Gasteiger partial charge is 0.253 e. The molecule has 0 atom stereocenters. The number of rotatable bonds is 9. The van der Waals surface area contributed by atoms with Gasteiger partial charge in [-0.05, 0) is 66.6 Å². The van der Waals surface area contributed by atoms with Crippen LogP contribution in [0.5, 0.6) is 5.75 Å². The number of nitrogens with zero attached hydrogens (tertiary/aromatic N) is 1. The van der Waals surface area contributed by atoms with E-state index in [0.717, 1.165) is 36.7 Å². The summed E-state index contributed by atoms with van der Waals surface area (Å²) >= 11 is 0. The van der Waals surface area contributed by atoms with Gasteiger partial charge in [0.25, 0.3) is 5.91 Å². The van der Waals surface area contributed by atoms with Gasteiger partial charge in [-0.15, -0.1) is 0 Å². The fourth-order valence-electron chi connectivity index (χ4n) is 3.96. The summed E-state index contributed by atoms with van der Waals surface area (Å²) in [5, 5.41) is 3.43. The highest BCUT2D eigenvalue weighted by Crippen LogP contribution is 2.24. The summed E-state index contributed by atoms with van der Waals surface area (Å²) in [5.41, 5.74) is 2.96. The van der Waals surface area contributed by atoms with Crippen molar-refractivity contribution in [1.29, 1.82) is 0 Å². The fraction of sp³-hybridized carbons (Fsp3) is 0.500. The van der Waals surface area contributed by atoms with Crippen molar-refractivity contribution in [3.63, 3.8) is 0 Å². The van der Waals surface area contributed by atoms with Gasteiger partial charge in [0, 0.05) is 31.4 Å². The number of carbonyl (C=O) groups is 1. The number of amides is 1. The van der Waals surface area contributed by atoms with Gasteiger partial charge in [0.15, 0.2) is 0 Å². The second-order valence-electron chi connectivity index (χ2n) is 8.97. The standard InChI is InChI=1S/C26H36N2O2/c1-20(2)19-30-25-15-9-21(10-16-25)17-27-24-13-11-23(12-14-24)26(29)28(3)18-22-7-5-4-6-8-22/h9-16,20,22,27H,4-8,17-19H2,1-3H3. The summed E-state index contributed by atoms with van der Waals surface area (Å²) in [4.78, 5) is 14.6. The molecule has 1 amide bonds. The molecule has 0 saturated heterocycles. The maximum Gasteiger partial charge on any atom is 0.253 e. The third-order valence-corrected chi connectivity index (χ3v) is 5.74. The summed E-state index contributed by atoms with van der Waals surface area (Å²) in [6, 6.07) is 16.0. The zero-order chi connectivity index (χ0) is 21.3. The van der Waals surface area contributed by atoms with E-state index in [1.165, 1.54) is 37.7 Å². The number of hydrogen-bond donors (Lipinski definition) is 1. The molecule has 1 fully saturated rings. The van der Waals surface area contributed by atoms with Crippen molar-refractivity contribution >= 4 is 11.6 Å². The van der Waals surface area contributed by atoms with Crippen molar-refractivity contribution in [2.24, 2.45) is 11.8 Å². The zero-order valence-corrected chi connectivity index (χ0v) is 18.7. The van der Waals surface area contributed by atoms with E-state index in [-0.39, 0.29) is 5.91 Å². The fourth-order valence-corrected chi connectivity index (χ4v) is 3.96. The van der Waals surface area contributed by atoms with Crippen LogP contribution in [0, 0.1) is 11.8 Å². The molecule has 162 valence electrons. The molecule has 0 bridgehead atoms. The molecule has 2 aromatic rings. The monoisotopic (exact) mass is 408 g/mol. The molecule has 4 nitrogen and oxygen atoms in total. The lowest BCUT2D eigenvalue weighted by molar-refractivity contribution is 0.0760. The molecule has 3 rings (SSSR count).